The van der Waals surface area contributed by atoms with Gasteiger partial charge in [0, 0.05) is 56.5 Å². The summed E-state index contributed by atoms with van der Waals surface area (Å²) in [6, 6.07) is 21.2. The van der Waals surface area contributed by atoms with Crippen LogP contribution < -0.4 is 15.8 Å². The van der Waals surface area contributed by atoms with Crippen LogP contribution in [0.1, 0.15) is 16.9 Å². The van der Waals surface area contributed by atoms with Gasteiger partial charge in [0.05, 0.1) is 0 Å². The van der Waals surface area contributed by atoms with Gasteiger partial charge in [-0.15, -0.1) is 0 Å². The van der Waals surface area contributed by atoms with Gasteiger partial charge in [-0.25, -0.2) is 0 Å². The van der Waals surface area contributed by atoms with Crippen molar-refractivity contribution < 1.29 is 14.1 Å². The highest BCUT2D eigenvalue weighted by Gasteiger charge is 2.18. The van der Waals surface area contributed by atoms with Gasteiger partial charge in [0.15, 0.2) is 11.5 Å². The third kappa shape index (κ3) is 5.49. The lowest BCUT2D eigenvalue weighted by Crippen LogP contribution is -2.48. The average Bonchev–Trinajstić information content (AvgIpc) is 3.33. The zero-order valence-corrected chi connectivity index (χ0v) is 17.2. The number of hydrogen-bond acceptors (Lipinski definition) is 6. The standard InChI is InChI=1S/C23H25N5O3/c29-22(11-12-27-13-15-28(16-14-27)19-9-5-2-6-10-19)24-25-23(30)20-17-21(31-26-20)18-7-3-1-4-8-18/h1-10,17H,11-16H2,(H,24,29)(H,25,30). The number of hydrazine groups is 1. The Balaban J connectivity index is 1.17. The smallest absolute Gasteiger partial charge is 0.291 e. The van der Waals surface area contributed by atoms with E-state index in [-0.39, 0.29) is 11.6 Å². The molecule has 0 unspecified atom stereocenters. The molecule has 8 heteroatoms. The van der Waals surface area contributed by atoms with Gasteiger partial charge in [-0.1, -0.05) is 53.7 Å². The van der Waals surface area contributed by atoms with Gasteiger partial charge in [-0.3, -0.25) is 25.3 Å². The predicted octanol–water partition coefficient (Wildman–Crippen LogP) is 2.31. The summed E-state index contributed by atoms with van der Waals surface area (Å²) >= 11 is 0. The summed E-state index contributed by atoms with van der Waals surface area (Å²) in [5.41, 5.74) is 7.00. The number of aromatic nitrogens is 1. The topological polar surface area (TPSA) is 90.7 Å². The average molecular weight is 419 g/mol. The van der Waals surface area contributed by atoms with Crippen LogP contribution in [0.5, 0.6) is 0 Å². The van der Waals surface area contributed by atoms with E-state index >= 15 is 0 Å². The second-order valence-electron chi connectivity index (χ2n) is 7.36. The summed E-state index contributed by atoms with van der Waals surface area (Å²) in [6.07, 6.45) is 0.305. The Bertz CT molecular complexity index is 998. The van der Waals surface area contributed by atoms with Crippen LogP contribution in [-0.4, -0.2) is 54.6 Å². The number of carbonyl (C=O) groups is 2. The summed E-state index contributed by atoms with van der Waals surface area (Å²) in [7, 11) is 0. The van der Waals surface area contributed by atoms with Crippen molar-refractivity contribution in [1.82, 2.24) is 20.9 Å². The molecule has 0 spiro atoms. The fourth-order valence-corrected chi connectivity index (χ4v) is 3.50. The Labute approximate surface area is 180 Å². The van der Waals surface area contributed by atoms with E-state index in [1.165, 1.54) is 5.69 Å². The number of rotatable bonds is 6. The molecule has 1 saturated heterocycles. The molecular formula is C23H25N5O3. The third-order valence-corrected chi connectivity index (χ3v) is 5.27. The first kappa shape index (κ1) is 20.6. The lowest BCUT2D eigenvalue weighted by Gasteiger charge is -2.36. The first-order chi connectivity index (χ1) is 15.2. The highest BCUT2D eigenvalue weighted by atomic mass is 16.5. The van der Waals surface area contributed by atoms with Crippen molar-refractivity contribution >= 4 is 17.5 Å². The van der Waals surface area contributed by atoms with Gasteiger partial charge >= 0.3 is 0 Å². The van der Waals surface area contributed by atoms with E-state index in [1.54, 1.807) is 6.07 Å². The first-order valence-corrected chi connectivity index (χ1v) is 10.3. The number of piperazine rings is 1. The van der Waals surface area contributed by atoms with Gasteiger partial charge in [0.1, 0.15) is 0 Å². The molecule has 1 aromatic heterocycles. The Morgan fingerprint density at radius 2 is 1.58 bits per heavy atom. The molecule has 0 radical (unpaired) electrons. The Hall–Kier alpha value is -3.65. The molecule has 1 fully saturated rings. The summed E-state index contributed by atoms with van der Waals surface area (Å²) < 4.78 is 5.21. The molecule has 0 saturated carbocycles. The molecule has 8 nitrogen and oxygen atoms in total. The van der Waals surface area contributed by atoms with Gasteiger partial charge in [-0.2, -0.15) is 0 Å². The highest BCUT2D eigenvalue weighted by Crippen LogP contribution is 2.19. The quantitative estimate of drug-likeness (QED) is 0.596. The predicted molar refractivity (Wildman–Crippen MR) is 117 cm³/mol. The van der Waals surface area contributed by atoms with Crippen LogP contribution in [0, 0.1) is 0 Å². The molecule has 31 heavy (non-hydrogen) atoms. The second-order valence-corrected chi connectivity index (χ2v) is 7.36. The number of benzene rings is 2. The van der Waals surface area contributed by atoms with E-state index in [4.69, 9.17) is 4.52 Å². The van der Waals surface area contributed by atoms with E-state index in [1.807, 2.05) is 48.5 Å². The molecule has 0 atom stereocenters. The summed E-state index contributed by atoms with van der Waals surface area (Å²) in [6.45, 7) is 4.30. The monoisotopic (exact) mass is 419 g/mol. The van der Waals surface area contributed by atoms with Crippen molar-refractivity contribution in [3.8, 4) is 11.3 Å². The minimum atomic E-state index is -0.518. The van der Waals surface area contributed by atoms with E-state index in [9.17, 15) is 9.59 Å². The van der Waals surface area contributed by atoms with Crippen molar-refractivity contribution in [2.24, 2.45) is 0 Å². The van der Waals surface area contributed by atoms with Gasteiger partial charge < -0.3 is 9.42 Å². The van der Waals surface area contributed by atoms with Crippen molar-refractivity contribution in [3.63, 3.8) is 0 Å². The van der Waals surface area contributed by atoms with E-state index < -0.39 is 5.91 Å². The molecule has 0 aliphatic carbocycles. The van der Waals surface area contributed by atoms with Gasteiger partial charge in [-0.05, 0) is 12.1 Å². The number of nitrogens with zero attached hydrogens (tertiary/aromatic N) is 3. The van der Waals surface area contributed by atoms with Crippen LogP contribution in [0.2, 0.25) is 0 Å². The zero-order chi connectivity index (χ0) is 21.5. The third-order valence-electron chi connectivity index (χ3n) is 5.27. The number of anilines is 1. The molecule has 2 amide bonds. The van der Waals surface area contributed by atoms with E-state index in [0.29, 0.717) is 18.7 Å². The van der Waals surface area contributed by atoms with Crippen molar-refractivity contribution in [2.45, 2.75) is 6.42 Å². The summed E-state index contributed by atoms with van der Waals surface area (Å²) in [4.78, 5) is 28.9. The lowest BCUT2D eigenvalue weighted by atomic mass is 10.1. The van der Waals surface area contributed by atoms with E-state index in [0.717, 1.165) is 31.7 Å². The van der Waals surface area contributed by atoms with Crippen LogP contribution in [-0.2, 0) is 4.79 Å². The molecule has 4 rings (SSSR count). The number of para-hydroxylation sites is 1. The van der Waals surface area contributed by atoms with Crippen molar-refractivity contribution in [1.29, 1.82) is 0 Å². The Morgan fingerprint density at radius 3 is 2.29 bits per heavy atom. The summed E-state index contributed by atoms with van der Waals surface area (Å²) in [5.74, 6) is -0.270. The second kappa shape index (κ2) is 9.90. The molecule has 1 aliphatic rings. The lowest BCUT2D eigenvalue weighted by molar-refractivity contribution is -0.122. The highest BCUT2D eigenvalue weighted by molar-refractivity contribution is 5.94. The zero-order valence-electron chi connectivity index (χ0n) is 17.2. The largest absolute Gasteiger partial charge is 0.369 e. The van der Waals surface area contributed by atoms with Gasteiger partial charge in [0.25, 0.3) is 5.91 Å². The molecular weight excluding hydrogens is 394 g/mol. The molecule has 2 aromatic carbocycles. The number of carbonyl (C=O) groups excluding carboxylic acids is 2. The maximum Gasteiger partial charge on any atom is 0.291 e. The van der Waals surface area contributed by atoms with Crippen molar-refractivity contribution in [2.75, 3.05) is 37.6 Å². The Kier molecular flexibility index (Phi) is 6.59. The molecule has 3 aromatic rings. The molecule has 2 heterocycles. The molecule has 2 N–H and O–H groups in total. The molecule has 0 bridgehead atoms. The maximum atomic E-state index is 12.2. The number of nitrogens with one attached hydrogen (secondary N) is 2. The van der Waals surface area contributed by atoms with E-state index in [2.05, 4.69) is 37.9 Å². The molecule has 160 valence electrons. The minimum absolute atomic E-state index is 0.108. The summed E-state index contributed by atoms with van der Waals surface area (Å²) in [5, 5.41) is 3.77. The first-order valence-electron chi connectivity index (χ1n) is 10.3. The SMILES string of the molecule is O=C(CCN1CCN(c2ccccc2)CC1)NNC(=O)c1cc(-c2ccccc2)on1. The van der Waals surface area contributed by atoms with Crippen LogP contribution >= 0.6 is 0 Å². The number of amides is 2. The fraction of sp³-hybridized carbons (Fsp3) is 0.261. The Morgan fingerprint density at radius 1 is 0.903 bits per heavy atom. The number of hydrogen-bond donors (Lipinski definition) is 2. The van der Waals surface area contributed by atoms with Crippen LogP contribution in [0.25, 0.3) is 11.3 Å². The maximum absolute atomic E-state index is 12.2. The van der Waals surface area contributed by atoms with Crippen LogP contribution in [0.15, 0.2) is 71.3 Å². The van der Waals surface area contributed by atoms with Crippen molar-refractivity contribution in [3.05, 3.63) is 72.4 Å². The molecule has 1 aliphatic heterocycles. The fourth-order valence-electron chi connectivity index (χ4n) is 3.50. The van der Waals surface area contributed by atoms with Crippen LogP contribution in [0.3, 0.4) is 0 Å². The normalized spacial score (nSPS) is 14.3. The minimum Gasteiger partial charge on any atom is -0.369 e. The van der Waals surface area contributed by atoms with Gasteiger partial charge in [0.2, 0.25) is 5.91 Å². The van der Waals surface area contributed by atoms with Crippen LogP contribution in [0.4, 0.5) is 5.69 Å².